The number of hydrogen-bond donors (Lipinski definition) is 1. The molecule has 9 heteroatoms. The smallest absolute Gasteiger partial charge is 0.235 e. The lowest BCUT2D eigenvalue weighted by atomic mass is 10.1. The Labute approximate surface area is 172 Å². The lowest BCUT2D eigenvalue weighted by Crippen LogP contribution is -1.97. The van der Waals surface area contributed by atoms with Crippen LogP contribution in [-0.2, 0) is 6.61 Å². The number of rotatable bonds is 5. The van der Waals surface area contributed by atoms with E-state index in [1.807, 2.05) is 60.7 Å². The molecule has 0 unspecified atom stereocenters. The Kier molecular flexibility index (Phi) is 4.38. The van der Waals surface area contributed by atoms with Crippen LogP contribution in [0.1, 0.15) is 5.01 Å². The molecule has 138 valence electrons. The van der Waals surface area contributed by atoms with Gasteiger partial charge in [0.05, 0.1) is 5.69 Å². The number of fused-ring (bicyclic) bond motifs is 1. The molecule has 28 heavy (non-hydrogen) atoms. The number of nitrogens with zero attached hydrogens (tertiary/aromatic N) is 5. The molecule has 5 rings (SSSR count). The summed E-state index contributed by atoms with van der Waals surface area (Å²) in [7, 11) is 0. The maximum Gasteiger partial charge on any atom is 0.235 e. The molecule has 0 atom stereocenters. The Bertz CT molecular complexity index is 1230. The van der Waals surface area contributed by atoms with Crippen LogP contribution in [-0.4, -0.2) is 30.0 Å². The summed E-state index contributed by atoms with van der Waals surface area (Å²) in [6.07, 6.45) is 0. The number of nitrogens with one attached hydrogen (secondary N) is 1. The maximum absolute atomic E-state index is 5.80. The number of aromatic amines is 1. The van der Waals surface area contributed by atoms with Crippen LogP contribution in [0.15, 0.2) is 65.1 Å². The first-order valence-corrected chi connectivity index (χ1v) is 10.1. The van der Waals surface area contributed by atoms with E-state index < -0.39 is 0 Å². The minimum atomic E-state index is 0.368. The standard InChI is InChI=1S/C19H13BrN6OS/c20-13-6-8-14(9-7-13)27-11-17-25-26-18(23-24-19(26)28-17)16-10-15(21-22-16)12-4-2-1-3-5-12/h1-10H,11H2,(H,21,22). The van der Waals surface area contributed by atoms with Crippen molar-refractivity contribution in [3.05, 3.63) is 70.1 Å². The molecule has 0 aliphatic rings. The van der Waals surface area contributed by atoms with Crippen LogP contribution in [0.25, 0.3) is 27.7 Å². The summed E-state index contributed by atoms with van der Waals surface area (Å²) in [5.74, 6) is 1.41. The molecule has 5 aromatic rings. The molecule has 0 aliphatic carbocycles. The zero-order valence-electron chi connectivity index (χ0n) is 14.4. The van der Waals surface area contributed by atoms with E-state index in [0.29, 0.717) is 17.4 Å². The minimum absolute atomic E-state index is 0.368. The second kappa shape index (κ2) is 7.17. The fraction of sp³-hybridized carbons (Fsp3) is 0.0526. The van der Waals surface area contributed by atoms with Crippen LogP contribution in [0.4, 0.5) is 0 Å². The Morgan fingerprint density at radius 2 is 1.86 bits per heavy atom. The summed E-state index contributed by atoms with van der Waals surface area (Å²) in [4.78, 5) is 0.709. The summed E-state index contributed by atoms with van der Waals surface area (Å²) in [5, 5.41) is 21.3. The van der Waals surface area contributed by atoms with Gasteiger partial charge in [-0.3, -0.25) is 5.10 Å². The van der Waals surface area contributed by atoms with E-state index >= 15 is 0 Å². The van der Waals surface area contributed by atoms with Crippen molar-refractivity contribution < 1.29 is 4.74 Å². The third-order valence-corrected chi connectivity index (χ3v) is 5.50. The van der Waals surface area contributed by atoms with Crippen molar-refractivity contribution in [2.24, 2.45) is 0 Å². The molecule has 0 saturated heterocycles. The van der Waals surface area contributed by atoms with Crippen molar-refractivity contribution in [3.63, 3.8) is 0 Å². The van der Waals surface area contributed by atoms with Gasteiger partial charge < -0.3 is 4.74 Å². The molecule has 0 spiro atoms. The van der Waals surface area contributed by atoms with Gasteiger partial charge in [0.25, 0.3) is 0 Å². The van der Waals surface area contributed by atoms with E-state index in [-0.39, 0.29) is 0 Å². The normalized spacial score (nSPS) is 11.2. The molecule has 0 amide bonds. The quantitative estimate of drug-likeness (QED) is 0.421. The molecule has 0 fully saturated rings. The highest BCUT2D eigenvalue weighted by Crippen LogP contribution is 2.25. The molecule has 0 radical (unpaired) electrons. The highest BCUT2D eigenvalue weighted by atomic mass is 79.9. The molecule has 2 aromatic carbocycles. The van der Waals surface area contributed by atoms with Crippen molar-refractivity contribution in [2.45, 2.75) is 6.61 Å². The molecule has 3 aromatic heterocycles. The first-order chi connectivity index (χ1) is 13.8. The molecule has 7 nitrogen and oxygen atoms in total. The van der Waals surface area contributed by atoms with Crippen molar-refractivity contribution in [1.29, 1.82) is 0 Å². The fourth-order valence-electron chi connectivity index (χ4n) is 2.75. The van der Waals surface area contributed by atoms with Gasteiger partial charge in [0.1, 0.15) is 18.1 Å². The van der Waals surface area contributed by atoms with Crippen molar-refractivity contribution in [2.75, 3.05) is 0 Å². The summed E-state index contributed by atoms with van der Waals surface area (Å²) < 4.78 is 8.53. The average Bonchev–Trinajstić information content (AvgIpc) is 3.44. The monoisotopic (exact) mass is 452 g/mol. The van der Waals surface area contributed by atoms with E-state index in [4.69, 9.17) is 4.74 Å². The van der Waals surface area contributed by atoms with Crippen LogP contribution in [0.3, 0.4) is 0 Å². The molecule has 3 heterocycles. The minimum Gasteiger partial charge on any atom is -0.486 e. The van der Waals surface area contributed by atoms with E-state index in [2.05, 4.69) is 41.4 Å². The fourth-order valence-corrected chi connectivity index (χ4v) is 3.76. The molecular weight excluding hydrogens is 440 g/mol. The molecule has 1 N–H and O–H groups in total. The van der Waals surface area contributed by atoms with Gasteiger partial charge in [0.15, 0.2) is 5.01 Å². The van der Waals surface area contributed by atoms with Crippen molar-refractivity contribution in [3.8, 4) is 28.5 Å². The van der Waals surface area contributed by atoms with Gasteiger partial charge in [-0.2, -0.15) is 14.7 Å². The van der Waals surface area contributed by atoms with Crippen LogP contribution in [0, 0.1) is 0 Å². The summed E-state index contributed by atoms with van der Waals surface area (Å²) >= 11 is 4.86. The number of benzene rings is 2. The summed E-state index contributed by atoms with van der Waals surface area (Å²) in [5.41, 5.74) is 2.64. The summed E-state index contributed by atoms with van der Waals surface area (Å²) in [6, 6.07) is 19.6. The molecule has 0 aliphatic heterocycles. The molecule has 0 saturated carbocycles. The largest absolute Gasteiger partial charge is 0.486 e. The highest BCUT2D eigenvalue weighted by molar-refractivity contribution is 9.10. The third-order valence-electron chi connectivity index (χ3n) is 4.10. The zero-order valence-corrected chi connectivity index (χ0v) is 16.8. The number of hydrogen-bond acceptors (Lipinski definition) is 6. The van der Waals surface area contributed by atoms with Crippen LogP contribution < -0.4 is 4.74 Å². The number of halogens is 1. The SMILES string of the molecule is Brc1ccc(OCc2nn3c(-c4cc(-c5ccccc5)n[nH]4)nnc3s2)cc1. The number of ether oxygens (including phenoxy) is 1. The number of H-pyrrole nitrogens is 1. The lowest BCUT2D eigenvalue weighted by Gasteiger charge is -2.03. The summed E-state index contributed by atoms with van der Waals surface area (Å²) in [6.45, 7) is 0.368. The first kappa shape index (κ1) is 17.1. The second-order valence-electron chi connectivity index (χ2n) is 5.99. The van der Waals surface area contributed by atoms with E-state index in [0.717, 1.165) is 32.2 Å². The van der Waals surface area contributed by atoms with Gasteiger partial charge in [-0.25, -0.2) is 0 Å². The van der Waals surface area contributed by atoms with Crippen LogP contribution >= 0.6 is 27.3 Å². The zero-order chi connectivity index (χ0) is 18.9. The van der Waals surface area contributed by atoms with E-state index in [1.165, 1.54) is 11.3 Å². The van der Waals surface area contributed by atoms with Crippen molar-refractivity contribution >= 4 is 32.2 Å². The lowest BCUT2D eigenvalue weighted by molar-refractivity contribution is 0.304. The van der Waals surface area contributed by atoms with Gasteiger partial charge >= 0.3 is 0 Å². The van der Waals surface area contributed by atoms with E-state index in [9.17, 15) is 0 Å². The third kappa shape index (κ3) is 3.30. The van der Waals surface area contributed by atoms with Crippen LogP contribution in [0.2, 0.25) is 0 Å². The van der Waals surface area contributed by atoms with Gasteiger partial charge in [-0.05, 0) is 30.3 Å². The van der Waals surface area contributed by atoms with Gasteiger partial charge in [-0.15, -0.1) is 10.2 Å². The Morgan fingerprint density at radius 3 is 2.68 bits per heavy atom. The Balaban J connectivity index is 1.39. The Morgan fingerprint density at radius 1 is 1.04 bits per heavy atom. The molecular formula is C19H13BrN6OS. The predicted molar refractivity (Wildman–Crippen MR) is 110 cm³/mol. The Hall–Kier alpha value is -3.04. The first-order valence-electron chi connectivity index (χ1n) is 8.47. The highest BCUT2D eigenvalue weighted by Gasteiger charge is 2.16. The van der Waals surface area contributed by atoms with E-state index in [1.54, 1.807) is 4.52 Å². The molecule has 0 bridgehead atoms. The topological polar surface area (TPSA) is 81.0 Å². The predicted octanol–water partition coefficient (Wildman–Crippen LogP) is 4.58. The van der Waals surface area contributed by atoms with Gasteiger partial charge in [0.2, 0.25) is 10.8 Å². The second-order valence-corrected chi connectivity index (χ2v) is 7.95. The van der Waals surface area contributed by atoms with Crippen molar-refractivity contribution in [1.82, 2.24) is 30.0 Å². The number of aromatic nitrogens is 6. The van der Waals surface area contributed by atoms with Gasteiger partial charge in [0, 0.05) is 10.0 Å². The van der Waals surface area contributed by atoms with Gasteiger partial charge in [-0.1, -0.05) is 57.6 Å². The van der Waals surface area contributed by atoms with Crippen LogP contribution in [0.5, 0.6) is 5.75 Å². The maximum atomic E-state index is 5.80. The average molecular weight is 453 g/mol.